The summed E-state index contributed by atoms with van der Waals surface area (Å²) in [6.45, 7) is 5.18. The fourth-order valence-corrected chi connectivity index (χ4v) is 6.22. The lowest BCUT2D eigenvalue weighted by Gasteiger charge is -2.37. The smallest absolute Gasteiger partial charge is 0.243 e. The summed E-state index contributed by atoms with van der Waals surface area (Å²) >= 11 is 0. The molecule has 0 spiro atoms. The third-order valence-corrected chi connectivity index (χ3v) is 8.33. The normalized spacial score (nSPS) is 21.2. The van der Waals surface area contributed by atoms with Crippen molar-refractivity contribution >= 4 is 21.8 Å². The summed E-state index contributed by atoms with van der Waals surface area (Å²) in [7, 11) is -3.45. The number of aryl methyl sites for hydroxylation is 1. The zero-order valence-corrected chi connectivity index (χ0v) is 18.1. The van der Waals surface area contributed by atoms with Gasteiger partial charge in [-0.2, -0.15) is 4.31 Å². The Balaban J connectivity index is 1.50. The number of amides is 2. The SMILES string of the molecule is C=CC(=O)N[C@H]1CCCN(S(=O)(=O)C2CCN(C(=O)CCc3ccccc3)CC2)C1. The van der Waals surface area contributed by atoms with Gasteiger partial charge in [0.2, 0.25) is 21.8 Å². The average Bonchev–Trinajstić information content (AvgIpc) is 2.78. The van der Waals surface area contributed by atoms with Gasteiger partial charge >= 0.3 is 0 Å². The van der Waals surface area contributed by atoms with Crippen LogP contribution >= 0.6 is 0 Å². The maximum Gasteiger partial charge on any atom is 0.243 e. The summed E-state index contributed by atoms with van der Waals surface area (Å²) in [6, 6.07) is 9.71. The molecule has 7 nitrogen and oxygen atoms in total. The molecule has 0 radical (unpaired) electrons. The molecule has 2 aliphatic heterocycles. The van der Waals surface area contributed by atoms with E-state index in [9.17, 15) is 18.0 Å². The van der Waals surface area contributed by atoms with Gasteiger partial charge in [0.15, 0.2) is 0 Å². The molecule has 2 amide bonds. The lowest BCUT2D eigenvalue weighted by molar-refractivity contribution is -0.132. The van der Waals surface area contributed by atoms with Gasteiger partial charge in [-0.05, 0) is 43.7 Å². The molecule has 0 unspecified atom stereocenters. The first-order valence-corrected chi connectivity index (χ1v) is 12.1. The molecular formula is C22H31N3O4S. The number of carbonyl (C=O) groups is 2. The van der Waals surface area contributed by atoms with Gasteiger partial charge in [-0.1, -0.05) is 36.9 Å². The lowest BCUT2D eigenvalue weighted by atomic mass is 10.1. The van der Waals surface area contributed by atoms with Gasteiger partial charge < -0.3 is 10.2 Å². The molecule has 1 atom stereocenters. The highest BCUT2D eigenvalue weighted by Gasteiger charge is 2.37. The number of rotatable bonds is 7. The Kier molecular flexibility index (Phi) is 7.66. The number of carbonyl (C=O) groups excluding carboxylic acids is 2. The van der Waals surface area contributed by atoms with E-state index in [2.05, 4.69) is 11.9 Å². The van der Waals surface area contributed by atoms with Crippen LogP contribution in [0.1, 0.15) is 37.7 Å². The Morgan fingerprint density at radius 3 is 2.47 bits per heavy atom. The molecule has 2 fully saturated rings. The van der Waals surface area contributed by atoms with E-state index in [1.807, 2.05) is 30.3 Å². The molecule has 1 N–H and O–H groups in total. The fraction of sp³-hybridized carbons (Fsp3) is 0.545. The van der Waals surface area contributed by atoms with E-state index in [1.165, 1.54) is 10.4 Å². The predicted octanol–water partition coefficient (Wildman–Crippen LogP) is 1.71. The molecule has 0 aromatic heterocycles. The van der Waals surface area contributed by atoms with Crippen molar-refractivity contribution < 1.29 is 18.0 Å². The van der Waals surface area contributed by atoms with Crippen LogP contribution in [-0.4, -0.2) is 66.9 Å². The fourth-order valence-electron chi connectivity index (χ4n) is 4.22. The quantitative estimate of drug-likeness (QED) is 0.663. The number of sulfonamides is 1. The predicted molar refractivity (Wildman–Crippen MR) is 116 cm³/mol. The van der Waals surface area contributed by atoms with Gasteiger partial charge in [0.1, 0.15) is 0 Å². The van der Waals surface area contributed by atoms with Gasteiger partial charge in [-0.15, -0.1) is 0 Å². The zero-order valence-electron chi connectivity index (χ0n) is 17.3. The Bertz CT molecular complexity index is 848. The molecule has 8 heteroatoms. The van der Waals surface area contributed by atoms with Crippen molar-refractivity contribution in [3.8, 4) is 0 Å². The summed E-state index contributed by atoms with van der Waals surface area (Å²) in [5.41, 5.74) is 1.13. The molecule has 1 aromatic rings. The zero-order chi connectivity index (χ0) is 21.6. The maximum atomic E-state index is 13.1. The second-order valence-corrected chi connectivity index (χ2v) is 10.2. The Labute approximate surface area is 179 Å². The maximum absolute atomic E-state index is 13.1. The van der Waals surface area contributed by atoms with Crippen LogP contribution in [0.3, 0.4) is 0 Å². The average molecular weight is 434 g/mol. The first kappa shape index (κ1) is 22.5. The van der Waals surface area contributed by atoms with Crippen molar-refractivity contribution in [2.24, 2.45) is 0 Å². The summed E-state index contributed by atoms with van der Waals surface area (Å²) in [5, 5.41) is 2.34. The number of likely N-dealkylation sites (tertiary alicyclic amines) is 1. The minimum absolute atomic E-state index is 0.0832. The van der Waals surface area contributed by atoms with Crippen LogP contribution in [0.2, 0.25) is 0 Å². The van der Waals surface area contributed by atoms with Crippen molar-refractivity contribution in [1.29, 1.82) is 0 Å². The minimum atomic E-state index is -3.45. The van der Waals surface area contributed by atoms with E-state index in [0.29, 0.717) is 51.9 Å². The van der Waals surface area contributed by atoms with Crippen LogP contribution in [0.4, 0.5) is 0 Å². The van der Waals surface area contributed by atoms with Gasteiger partial charge in [-0.3, -0.25) is 9.59 Å². The molecule has 0 bridgehead atoms. The van der Waals surface area contributed by atoms with Gasteiger partial charge in [-0.25, -0.2) is 8.42 Å². The molecule has 0 aliphatic carbocycles. The van der Waals surface area contributed by atoms with Crippen molar-refractivity contribution in [2.75, 3.05) is 26.2 Å². The van der Waals surface area contributed by atoms with Gasteiger partial charge in [0.25, 0.3) is 0 Å². The number of hydrogen-bond acceptors (Lipinski definition) is 4. The molecular weight excluding hydrogens is 402 g/mol. The molecule has 2 heterocycles. The van der Waals surface area contributed by atoms with Crippen molar-refractivity contribution in [1.82, 2.24) is 14.5 Å². The molecule has 2 saturated heterocycles. The second-order valence-electron chi connectivity index (χ2n) is 8.02. The second kappa shape index (κ2) is 10.2. The Morgan fingerprint density at radius 1 is 1.10 bits per heavy atom. The Hall–Kier alpha value is -2.19. The summed E-state index contributed by atoms with van der Waals surface area (Å²) < 4.78 is 27.8. The summed E-state index contributed by atoms with van der Waals surface area (Å²) in [6.07, 6.45) is 4.75. The molecule has 2 aliphatic rings. The largest absolute Gasteiger partial charge is 0.349 e. The highest BCUT2D eigenvalue weighted by molar-refractivity contribution is 7.89. The number of piperidine rings is 2. The number of hydrogen-bond donors (Lipinski definition) is 1. The van der Waals surface area contributed by atoms with E-state index >= 15 is 0 Å². The van der Waals surface area contributed by atoms with Crippen LogP contribution in [0, 0.1) is 0 Å². The van der Waals surface area contributed by atoms with Crippen molar-refractivity contribution in [3.63, 3.8) is 0 Å². The first-order valence-electron chi connectivity index (χ1n) is 10.6. The van der Waals surface area contributed by atoms with Crippen LogP contribution in [0.25, 0.3) is 0 Å². The van der Waals surface area contributed by atoms with E-state index in [1.54, 1.807) is 4.90 Å². The Morgan fingerprint density at radius 2 is 1.80 bits per heavy atom. The van der Waals surface area contributed by atoms with E-state index in [-0.39, 0.29) is 17.9 Å². The third kappa shape index (κ3) is 5.70. The van der Waals surface area contributed by atoms with Gasteiger partial charge in [0.05, 0.1) is 5.25 Å². The lowest BCUT2D eigenvalue weighted by Crippen LogP contribution is -2.53. The van der Waals surface area contributed by atoms with Gasteiger partial charge in [0, 0.05) is 38.6 Å². The highest BCUT2D eigenvalue weighted by Crippen LogP contribution is 2.24. The molecule has 30 heavy (non-hydrogen) atoms. The third-order valence-electron chi connectivity index (χ3n) is 5.96. The number of benzene rings is 1. The van der Waals surface area contributed by atoms with Crippen LogP contribution in [0.15, 0.2) is 43.0 Å². The molecule has 3 rings (SSSR count). The first-order chi connectivity index (χ1) is 14.4. The summed E-state index contributed by atoms with van der Waals surface area (Å²) in [4.78, 5) is 25.9. The van der Waals surface area contributed by atoms with Crippen LogP contribution in [-0.2, 0) is 26.0 Å². The van der Waals surface area contributed by atoms with E-state index in [4.69, 9.17) is 0 Å². The van der Waals surface area contributed by atoms with Crippen LogP contribution < -0.4 is 5.32 Å². The topological polar surface area (TPSA) is 86.8 Å². The molecule has 164 valence electrons. The van der Waals surface area contributed by atoms with Crippen LogP contribution in [0.5, 0.6) is 0 Å². The van der Waals surface area contributed by atoms with Crippen molar-refractivity contribution in [2.45, 2.75) is 49.8 Å². The molecule has 0 saturated carbocycles. The number of nitrogens with one attached hydrogen (secondary N) is 1. The standard InChI is InChI=1S/C22H31N3O4S/c1-2-21(26)23-19-9-6-14-25(17-19)30(28,29)20-12-15-24(16-13-20)22(27)11-10-18-7-4-3-5-8-18/h2-5,7-8,19-20H,1,6,9-17H2,(H,23,26)/t19-/m0/s1. The van der Waals surface area contributed by atoms with E-state index in [0.717, 1.165) is 18.4 Å². The van der Waals surface area contributed by atoms with E-state index < -0.39 is 15.3 Å². The molecule has 1 aromatic carbocycles. The minimum Gasteiger partial charge on any atom is -0.349 e. The summed E-state index contributed by atoms with van der Waals surface area (Å²) in [5.74, 6) is -0.193. The monoisotopic (exact) mass is 433 g/mol. The van der Waals surface area contributed by atoms with Crippen molar-refractivity contribution in [3.05, 3.63) is 48.6 Å². The highest BCUT2D eigenvalue weighted by atomic mass is 32.2. The number of nitrogens with zero attached hydrogens (tertiary/aromatic N) is 2.